The van der Waals surface area contributed by atoms with Crippen molar-refractivity contribution in [1.29, 1.82) is 0 Å². The largest absolute Gasteiger partial charge is 0.437 e. The molecule has 3 nitrogen and oxygen atoms in total. The molecule has 0 fully saturated rings. The fourth-order valence-electron chi connectivity index (χ4n) is 3.55. The predicted octanol–water partition coefficient (Wildman–Crippen LogP) is 6.17. The van der Waals surface area contributed by atoms with Crippen LogP contribution in [0.25, 0.3) is 0 Å². The van der Waals surface area contributed by atoms with E-state index in [0.717, 1.165) is 16.8 Å². The van der Waals surface area contributed by atoms with Gasteiger partial charge in [-0.1, -0.05) is 77.9 Å². The molecule has 0 bridgehead atoms. The van der Waals surface area contributed by atoms with E-state index in [0.29, 0.717) is 16.4 Å². The van der Waals surface area contributed by atoms with Gasteiger partial charge in [-0.15, -0.1) is 0 Å². The van der Waals surface area contributed by atoms with Gasteiger partial charge in [0.1, 0.15) is 5.75 Å². The highest BCUT2D eigenvalue weighted by Gasteiger charge is 2.33. The Bertz CT molecular complexity index is 1020. The van der Waals surface area contributed by atoms with E-state index in [4.69, 9.17) is 10.3 Å². The van der Waals surface area contributed by atoms with Crippen LogP contribution in [0.1, 0.15) is 52.7 Å². The highest BCUT2D eigenvalue weighted by molar-refractivity contribution is 7.74. The van der Waals surface area contributed by atoms with Crippen molar-refractivity contribution < 1.29 is 9.09 Å². The minimum atomic E-state index is -3.37. The van der Waals surface area contributed by atoms with Crippen LogP contribution in [0.4, 0.5) is 5.69 Å². The van der Waals surface area contributed by atoms with Crippen molar-refractivity contribution in [3.8, 4) is 5.75 Å². The fourth-order valence-corrected chi connectivity index (χ4v) is 5.62. The topological polar surface area (TPSA) is 52.3 Å². The zero-order chi connectivity index (χ0) is 22.2. The Kier molecular flexibility index (Phi) is 5.89. The molecule has 0 aliphatic carbocycles. The van der Waals surface area contributed by atoms with Gasteiger partial charge in [0.15, 0.2) is 0 Å². The normalized spacial score (nSPS) is 12.6. The van der Waals surface area contributed by atoms with Crippen molar-refractivity contribution in [3.63, 3.8) is 0 Å². The molecule has 2 N–H and O–H groups in total. The Morgan fingerprint density at radius 2 is 1.13 bits per heavy atom. The van der Waals surface area contributed by atoms with Crippen molar-refractivity contribution in [2.24, 2.45) is 0 Å². The number of hydrogen-bond donors (Lipinski definition) is 1. The summed E-state index contributed by atoms with van der Waals surface area (Å²) >= 11 is 0. The zero-order valence-corrected chi connectivity index (χ0v) is 19.7. The fraction of sp³-hybridized carbons (Fsp3) is 0.308. The maximum atomic E-state index is 14.5. The van der Waals surface area contributed by atoms with Crippen LogP contribution in [0.15, 0.2) is 72.8 Å². The molecule has 0 saturated heterocycles. The first-order chi connectivity index (χ1) is 13.9. The van der Waals surface area contributed by atoms with Gasteiger partial charge >= 0.3 is 7.37 Å². The van der Waals surface area contributed by atoms with Gasteiger partial charge in [-0.25, -0.2) is 0 Å². The third-order valence-electron chi connectivity index (χ3n) is 5.19. The minimum absolute atomic E-state index is 0.165. The third kappa shape index (κ3) is 4.47. The molecule has 0 aliphatic rings. The summed E-state index contributed by atoms with van der Waals surface area (Å²) in [5, 5.41) is 1.34. The van der Waals surface area contributed by atoms with E-state index in [1.807, 2.05) is 72.8 Å². The molecule has 3 rings (SSSR count). The second-order valence-electron chi connectivity index (χ2n) is 9.75. The average Bonchev–Trinajstić information content (AvgIpc) is 2.68. The van der Waals surface area contributed by atoms with Gasteiger partial charge in [0, 0.05) is 11.3 Å². The van der Waals surface area contributed by atoms with Gasteiger partial charge < -0.3 is 10.3 Å². The lowest BCUT2D eigenvalue weighted by molar-refractivity contribution is 0.482. The standard InChI is InChI=1S/C26H32NO2P/c1-25(2,3)21-18-24(22(17-23(21)27)26(4,5)6)29-30(28,19-13-9-7-10-14-19)20-15-11-8-12-16-20/h7-18H,27H2,1-6H3. The highest BCUT2D eigenvalue weighted by atomic mass is 31.2. The van der Waals surface area contributed by atoms with Gasteiger partial charge in [-0.05, 0) is 52.8 Å². The first-order valence-corrected chi connectivity index (χ1v) is 11.9. The van der Waals surface area contributed by atoms with Gasteiger partial charge in [0.2, 0.25) is 0 Å². The molecule has 0 saturated carbocycles. The van der Waals surface area contributed by atoms with E-state index in [1.165, 1.54) is 0 Å². The van der Waals surface area contributed by atoms with Crippen LogP contribution < -0.4 is 20.9 Å². The summed E-state index contributed by atoms with van der Waals surface area (Å²) < 4.78 is 21.0. The summed E-state index contributed by atoms with van der Waals surface area (Å²) in [4.78, 5) is 0. The van der Waals surface area contributed by atoms with Crippen molar-refractivity contribution >= 4 is 23.7 Å². The average molecular weight is 422 g/mol. The van der Waals surface area contributed by atoms with E-state index in [1.54, 1.807) is 0 Å². The molecule has 4 heteroatoms. The number of nitrogens with two attached hydrogens (primary N) is 1. The first-order valence-electron chi connectivity index (χ1n) is 10.3. The minimum Gasteiger partial charge on any atom is -0.437 e. The Morgan fingerprint density at radius 1 is 0.700 bits per heavy atom. The molecule has 3 aromatic carbocycles. The van der Waals surface area contributed by atoms with E-state index in [9.17, 15) is 4.57 Å². The molecule has 0 heterocycles. The van der Waals surface area contributed by atoms with Crippen molar-refractivity contribution in [2.45, 2.75) is 52.4 Å². The highest BCUT2D eigenvalue weighted by Crippen LogP contribution is 2.49. The molecular formula is C26H32NO2P. The van der Waals surface area contributed by atoms with E-state index in [-0.39, 0.29) is 10.8 Å². The van der Waals surface area contributed by atoms with E-state index < -0.39 is 7.37 Å². The number of hydrogen-bond acceptors (Lipinski definition) is 3. The number of nitrogen functional groups attached to an aromatic ring is 1. The summed E-state index contributed by atoms with van der Waals surface area (Å²) in [5.41, 5.74) is 8.71. The van der Waals surface area contributed by atoms with E-state index in [2.05, 4.69) is 41.5 Å². The third-order valence-corrected chi connectivity index (χ3v) is 7.60. The Hall–Kier alpha value is -2.51. The molecule has 0 spiro atoms. The maximum Gasteiger partial charge on any atom is 0.306 e. The summed E-state index contributed by atoms with van der Waals surface area (Å²) in [7, 11) is -3.37. The Labute approximate surface area is 180 Å². The molecule has 0 amide bonds. The second-order valence-corrected chi connectivity index (χ2v) is 12.1. The molecule has 0 aromatic heterocycles. The van der Waals surface area contributed by atoms with Crippen LogP contribution in [0.3, 0.4) is 0 Å². The predicted molar refractivity (Wildman–Crippen MR) is 129 cm³/mol. The van der Waals surface area contributed by atoms with Crippen LogP contribution in [0.2, 0.25) is 0 Å². The number of benzene rings is 3. The van der Waals surface area contributed by atoms with Crippen LogP contribution in [0.5, 0.6) is 5.75 Å². The lowest BCUT2D eigenvalue weighted by Gasteiger charge is -2.30. The molecular weight excluding hydrogens is 389 g/mol. The number of rotatable bonds is 4. The van der Waals surface area contributed by atoms with Crippen molar-refractivity contribution in [2.75, 3.05) is 5.73 Å². The molecule has 3 aromatic rings. The summed E-state index contributed by atoms with van der Waals surface area (Å²) in [6.45, 7) is 12.7. The molecule has 30 heavy (non-hydrogen) atoms. The van der Waals surface area contributed by atoms with Crippen LogP contribution >= 0.6 is 7.37 Å². The molecule has 0 radical (unpaired) electrons. The summed E-state index contributed by atoms with van der Waals surface area (Å²) in [6.07, 6.45) is 0. The van der Waals surface area contributed by atoms with Crippen LogP contribution in [-0.2, 0) is 15.4 Å². The lowest BCUT2D eigenvalue weighted by atomic mass is 9.80. The monoisotopic (exact) mass is 421 g/mol. The van der Waals surface area contributed by atoms with E-state index >= 15 is 0 Å². The van der Waals surface area contributed by atoms with Gasteiger partial charge in [0.05, 0.1) is 10.6 Å². The van der Waals surface area contributed by atoms with Crippen LogP contribution in [0, 0.1) is 0 Å². The second kappa shape index (κ2) is 7.96. The SMILES string of the molecule is CC(C)(C)c1cc(OP(=O)(c2ccccc2)c2ccccc2)c(C(C)(C)C)cc1N. The molecule has 158 valence electrons. The van der Waals surface area contributed by atoms with Gasteiger partial charge in [-0.2, -0.15) is 0 Å². The summed E-state index contributed by atoms with van der Waals surface area (Å²) in [5.74, 6) is 0.623. The quantitative estimate of drug-likeness (QED) is 0.405. The zero-order valence-electron chi connectivity index (χ0n) is 18.8. The molecule has 0 atom stereocenters. The van der Waals surface area contributed by atoms with Gasteiger partial charge in [0.25, 0.3) is 0 Å². The number of anilines is 1. The van der Waals surface area contributed by atoms with Gasteiger partial charge in [-0.3, -0.25) is 4.57 Å². The lowest BCUT2D eigenvalue weighted by Crippen LogP contribution is -2.23. The molecule has 0 aliphatic heterocycles. The summed E-state index contributed by atoms with van der Waals surface area (Å²) in [6, 6.07) is 22.8. The molecule has 0 unspecified atom stereocenters. The van der Waals surface area contributed by atoms with Crippen LogP contribution in [-0.4, -0.2) is 0 Å². The Balaban J connectivity index is 2.26. The smallest absolute Gasteiger partial charge is 0.306 e. The first kappa shape index (κ1) is 22.2. The Morgan fingerprint density at radius 3 is 1.53 bits per heavy atom. The van der Waals surface area contributed by atoms with Crippen molar-refractivity contribution in [1.82, 2.24) is 0 Å². The van der Waals surface area contributed by atoms with Crippen molar-refractivity contribution in [3.05, 3.63) is 83.9 Å². The maximum absolute atomic E-state index is 14.5.